The summed E-state index contributed by atoms with van der Waals surface area (Å²) in [5.74, 6) is 0. The summed E-state index contributed by atoms with van der Waals surface area (Å²) in [6.45, 7) is 0.602. The Morgan fingerprint density at radius 3 is 2.36 bits per heavy atom. The molecular formula is C8H11ClMgO. The quantitative estimate of drug-likeness (QED) is 0.509. The highest BCUT2D eigenvalue weighted by Crippen LogP contribution is 2.00. The summed E-state index contributed by atoms with van der Waals surface area (Å²) in [5, 5.41) is 0. The van der Waals surface area contributed by atoms with E-state index in [4.69, 9.17) is 16.3 Å². The summed E-state index contributed by atoms with van der Waals surface area (Å²) in [4.78, 5) is 0. The van der Waals surface area contributed by atoms with E-state index < -0.39 is 0 Å². The van der Waals surface area contributed by atoms with Crippen LogP contribution in [-0.4, -0.2) is 29.1 Å². The number of rotatable bonds is 3. The number of alkyl halides is 1. The fraction of sp³-hybridized carbons (Fsp3) is 0.250. The average Bonchev–Trinajstić information content (AvgIpc) is 2.03. The van der Waals surface area contributed by atoms with E-state index in [9.17, 15) is 0 Å². The first kappa shape index (κ1) is 11.2. The van der Waals surface area contributed by atoms with E-state index in [1.165, 1.54) is 0 Å². The van der Waals surface area contributed by atoms with Gasteiger partial charge in [-0.05, 0) is 5.56 Å². The van der Waals surface area contributed by atoms with Crippen LogP contribution >= 0.6 is 11.6 Å². The molecule has 1 aromatic carbocycles. The van der Waals surface area contributed by atoms with Crippen LogP contribution in [0.5, 0.6) is 0 Å². The van der Waals surface area contributed by atoms with Gasteiger partial charge in [-0.2, -0.15) is 0 Å². The standard InChI is InChI=1S/C8H9ClO.Mg.2H/c9-7-10-6-8-4-2-1-3-5-8;;;/h1-5H,6-7H2;;;. The van der Waals surface area contributed by atoms with Gasteiger partial charge in [0.1, 0.15) is 6.07 Å². The number of halogens is 1. The van der Waals surface area contributed by atoms with E-state index in [1.807, 2.05) is 30.3 Å². The highest BCUT2D eigenvalue weighted by Gasteiger charge is 1.87. The number of hydrogen-bond donors (Lipinski definition) is 0. The summed E-state index contributed by atoms with van der Waals surface area (Å²) < 4.78 is 4.98. The highest BCUT2D eigenvalue weighted by atomic mass is 35.5. The molecule has 0 fully saturated rings. The lowest BCUT2D eigenvalue weighted by molar-refractivity contribution is 0.165. The van der Waals surface area contributed by atoms with Gasteiger partial charge in [0.15, 0.2) is 0 Å². The van der Waals surface area contributed by atoms with Crippen LogP contribution in [0.1, 0.15) is 5.56 Å². The van der Waals surface area contributed by atoms with Crippen LogP contribution < -0.4 is 0 Å². The summed E-state index contributed by atoms with van der Waals surface area (Å²) >= 11 is 5.33. The van der Waals surface area contributed by atoms with Crippen molar-refractivity contribution in [2.24, 2.45) is 0 Å². The van der Waals surface area contributed by atoms with Crippen molar-refractivity contribution < 1.29 is 4.74 Å². The molecule has 0 atom stereocenters. The molecule has 0 heterocycles. The summed E-state index contributed by atoms with van der Waals surface area (Å²) in [5.41, 5.74) is 1.16. The van der Waals surface area contributed by atoms with E-state index in [0.717, 1.165) is 5.56 Å². The Labute approximate surface area is 87.8 Å². The zero-order valence-electron chi connectivity index (χ0n) is 5.59. The zero-order valence-corrected chi connectivity index (χ0v) is 6.34. The maximum atomic E-state index is 5.33. The summed E-state index contributed by atoms with van der Waals surface area (Å²) in [6, 6.07) is 10.2. The van der Waals surface area contributed by atoms with Crippen LogP contribution in [0.4, 0.5) is 0 Å². The van der Waals surface area contributed by atoms with E-state index in [1.54, 1.807) is 0 Å². The van der Waals surface area contributed by atoms with Gasteiger partial charge in [-0.15, -0.1) is 0 Å². The monoisotopic (exact) mass is 182 g/mol. The SMILES string of the molecule is ClCOCc1ccccc1.[MgH2]. The van der Waals surface area contributed by atoms with Crippen molar-refractivity contribution in [1.29, 1.82) is 0 Å². The van der Waals surface area contributed by atoms with Crippen LogP contribution in [0.15, 0.2) is 30.3 Å². The molecule has 0 saturated heterocycles. The first-order valence-corrected chi connectivity index (χ1v) is 3.64. The van der Waals surface area contributed by atoms with Gasteiger partial charge < -0.3 is 4.74 Å². The molecule has 3 heteroatoms. The second-order valence-electron chi connectivity index (χ2n) is 1.94. The largest absolute Gasteiger partial charge is 0.361 e. The van der Waals surface area contributed by atoms with Crippen molar-refractivity contribution in [2.75, 3.05) is 6.07 Å². The zero-order chi connectivity index (χ0) is 7.23. The highest BCUT2D eigenvalue weighted by molar-refractivity contribution is 6.17. The maximum Gasteiger partial charge on any atom is 0.316 e. The molecule has 0 bridgehead atoms. The van der Waals surface area contributed by atoms with Crippen molar-refractivity contribution in [3.05, 3.63) is 35.9 Å². The second kappa shape index (κ2) is 6.92. The lowest BCUT2D eigenvalue weighted by Gasteiger charge is -1.97. The third kappa shape index (κ3) is 4.64. The predicted molar refractivity (Wildman–Crippen MR) is 50.5 cm³/mol. The molecule has 0 saturated carbocycles. The third-order valence-electron chi connectivity index (χ3n) is 1.19. The molecule has 11 heavy (non-hydrogen) atoms. The van der Waals surface area contributed by atoms with Crippen molar-refractivity contribution in [3.63, 3.8) is 0 Å². The van der Waals surface area contributed by atoms with Gasteiger partial charge in [0.05, 0.1) is 6.61 Å². The molecule has 0 radical (unpaired) electrons. The Morgan fingerprint density at radius 2 is 1.82 bits per heavy atom. The van der Waals surface area contributed by atoms with E-state index in [2.05, 4.69) is 0 Å². The number of benzene rings is 1. The maximum absolute atomic E-state index is 5.33. The van der Waals surface area contributed by atoms with Crippen LogP contribution in [0.25, 0.3) is 0 Å². The molecular weight excluding hydrogens is 172 g/mol. The third-order valence-corrected chi connectivity index (χ3v) is 1.34. The van der Waals surface area contributed by atoms with Crippen LogP contribution in [0.2, 0.25) is 0 Å². The molecule has 1 nitrogen and oxygen atoms in total. The summed E-state index contributed by atoms with van der Waals surface area (Å²) in [6.07, 6.45) is 0. The average molecular weight is 183 g/mol. The molecule has 58 valence electrons. The molecule has 0 aromatic heterocycles. The normalized spacial score (nSPS) is 8.82. The number of ether oxygens (including phenoxy) is 1. The van der Waals surface area contributed by atoms with E-state index in [-0.39, 0.29) is 29.1 Å². The first-order chi connectivity index (χ1) is 4.93. The molecule has 0 aliphatic rings. The Hall–Kier alpha value is 0.236. The Morgan fingerprint density at radius 1 is 1.18 bits per heavy atom. The van der Waals surface area contributed by atoms with E-state index >= 15 is 0 Å². The first-order valence-electron chi connectivity index (χ1n) is 3.11. The molecule has 1 rings (SSSR count). The molecule has 0 amide bonds. The van der Waals surface area contributed by atoms with Gasteiger partial charge in [-0.25, -0.2) is 0 Å². The van der Waals surface area contributed by atoms with Crippen LogP contribution in [0.3, 0.4) is 0 Å². The minimum absolute atomic E-state index is 0. The predicted octanol–water partition coefficient (Wildman–Crippen LogP) is 1.48. The van der Waals surface area contributed by atoms with Gasteiger partial charge >= 0.3 is 23.1 Å². The smallest absolute Gasteiger partial charge is 0.316 e. The van der Waals surface area contributed by atoms with Crippen LogP contribution in [0, 0.1) is 0 Å². The molecule has 0 N–H and O–H groups in total. The molecule has 0 aliphatic carbocycles. The molecule has 0 aliphatic heterocycles. The van der Waals surface area contributed by atoms with Crippen molar-refractivity contribution in [2.45, 2.75) is 6.61 Å². The van der Waals surface area contributed by atoms with Crippen LogP contribution in [-0.2, 0) is 11.3 Å². The Kier molecular flexibility index (Phi) is 7.07. The van der Waals surface area contributed by atoms with Gasteiger partial charge in [0, 0.05) is 0 Å². The van der Waals surface area contributed by atoms with Crippen molar-refractivity contribution >= 4 is 34.7 Å². The van der Waals surface area contributed by atoms with Gasteiger partial charge in [-0.1, -0.05) is 41.9 Å². The second-order valence-corrected chi connectivity index (χ2v) is 2.16. The van der Waals surface area contributed by atoms with Gasteiger partial charge in [0.25, 0.3) is 0 Å². The minimum Gasteiger partial charge on any atom is -0.361 e. The molecule has 0 unspecified atom stereocenters. The molecule has 0 spiro atoms. The van der Waals surface area contributed by atoms with Gasteiger partial charge in [0.2, 0.25) is 0 Å². The number of hydrogen-bond acceptors (Lipinski definition) is 1. The van der Waals surface area contributed by atoms with Crippen molar-refractivity contribution in [3.8, 4) is 0 Å². The van der Waals surface area contributed by atoms with Gasteiger partial charge in [-0.3, -0.25) is 0 Å². The fourth-order valence-corrected chi connectivity index (χ4v) is 0.808. The fourth-order valence-electron chi connectivity index (χ4n) is 0.731. The molecule has 1 aromatic rings. The van der Waals surface area contributed by atoms with Crippen molar-refractivity contribution in [1.82, 2.24) is 0 Å². The lowest BCUT2D eigenvalue weighted by Crippen LogP contribution is -1.88. The Balaban J connectivity index is 0.000001000. The minimum atomic E-state index is 0. The van der Waals surface area contributed by atoms with E-state index in [0.29, 0.717) is 6.61 Å². The Bertz CT molecular complexity index is 179. The summed E-state index contributed by atoms with van der Waals surface area (Å²) in [7, 11) is 0. The topological polar surface area (TPSA) is 9.23 Å². The lowest BCUT2D eigenvalue weighted by atomic mass is 10.2.